The maximum absolute atomic E-state index is 13.2. The first kappa shape index (κ1) is 18.9. The van der Waals surface area contributed by atoms with E-state index in [1.807, 2.05) is 0 Å². The van der Waals surface area contributed by atoms with Crippen LogP contribution in [-0.2, 0) is 27.9 Å². The summed E-state index contributed by atoms with van der Waals surface area (Å²) in [6.07, 6.45) is 0. The molecule has 1 atom stereocenters. The first-order valence-corrected chi connectivity index (χ1v) is 9.37. The molecule has 0 saturated carbocycles. The molecule has 27 heavy (non-hydrogen) atoms. The standard InChI is InChI=1S/C15H17N5O6S/c1-8-4-11(20(23)24)5-13(9(8)2)27(25,26)19-7-14-17-16-10(3)18(14)6-12(19)15(21)22/h4-5,12H,6-7H2,1-3H3,(H,21,22). The molecule has 0 aliphatic carbocycles. The fraction of sp³-hybridized carbons (Fsp3) is 0.400. The molecule has 1 aromatic heterocycles. The number of fused-ring (bicyclic) bond motifs is 1. The van der Waals surface area contributed by atoms with Crippen LogP contribution in [0.3, 0.4) is 0 Å². The Hall–Kier alpha value is -2.86. The molecule has 0 saturated heterocycles. The molecule has 144 valence electrons. The van der Waals surface area contributed by atoms with Gasteiger partial charge < -0.3 is 9.67 Å². The average molecular weight is 395 g/mol. The number of aliphatic carboxylic acids is 1. The number of nitrogens with zero attached hydrogens (tertiary/aromatic N) is 5. The molecule has 1 unspecified atom stereocenters. The van der Waals surface area contributed by atoms with Gasteiger partial charge in [-0.1, -0.05) is 0 Å². The van der Waals surface area contributed by atoms with E-state index in [4.69, 9.17) is 0 Å². The van der Waals surface area contributed by atoms with Crippen LogP contribution in [-0.4, -0.2) is 49.5 Å². The molecule has 0 spiro atoms. The second-order valence-electron chi connectivity index (χ2n) is 6.32. The van der Waals surface area contributed by atoms with E-state index in [0.29, 0.717) is 22.8 Å². The number of carboxylic acids is 1. The minimum absolute atomic E-state index is 0.143. The van der Waals surface area contributed by atoms with Crippen molar-refractivity contribution in [2.75, 3.05) is 0 Å². The van der Waals surface area contributed by atoms with Crippen molar-refractivity contribution in [3.05, 3.63) is 45.0 Å². The third kappa shape index (κ3) is 3.06. The van der Waals surface area contributed by atoms with Gasteiger partial charge in [-0.2, -0.15) is 4.31 Å². The fourth-order valence-electron chi connectivity index (χ4n) is 3.05. The Morgan fingerprint density at radius 3 is 2.56 bits per heavy atom. The van der Waals surface area contributed by atoms with E-state index in [0.717, 1.165) is 10.4 Å². The lowest BCUT2D eigenvalue weighted by molar-refractivity contribution is -0.385. The zero-order chi connectivity index (χ0) is 20.1. The van der Waals surface area contributed by atoms with E-state index in [-0.39, 0.29) is 23.7 Å². The molecule has 2 heterocycles. The van der Waals surface area contributed by atoms with Crippen molar-refractivity contribution in [2.45, 2.75) is 44.8 Å². The van der Waals surface area contributed by atoms with Gasteiger partial charge in [-0.05, 0) is 31.9 Å². The van der Waals surface area contributed by atoms with Crippen LogP contribution in [0.5, 0.6) is 0 Å². The number of rotatable bonds is 4. The molecular weight excluding hydrogens is 378 g/mol. The number of nitro groups is 1. The summed E-state index contributed by atoms with van der Waals surface area (Å²) in [7, 11) is -4.33. The number of hydrogen-bond donors (Lipinski definition) is 1. The van der Waals surface area contributed by atoms with Crippen molar-refractivity contribution >= 4 is 21.7 Å². The van der Waals surface area contributed by atoms with Gasteiger partial charge in [0.1, 0.15) is 17.7 Å². The summed E-state index contributed by atoms with van der Waals surface area (Å²) < 4.78 is 28.9. The number of nitro benzene ring substituents is 1. The van der Waals surface area contributed by atoms with Crippen molar-refractivity contribution in [1.82, 2.24) is 19.1 Å². The first-order valence-electron chi connectivity index (χ1n) is 7.93. The Balaban J connectivity index is 2.16. The summed E-state index contributed by atoms with van der Waals surface area (Å²) >= 11 is 0. The van der Waals surface area contributed by atoms with Crippen LogP contribution in [0.2, 0.25) is 0 Å². The SMILES string of the molecule is Cc1cc([N+](=O)[O-])cc(S(=O)(=O)N2Cc3nnc(C)n3CC2C(=O)O)c1C. The van der Waals surface area contributed by atoms with Crippen molar-refractivity contribution in [1.29, 1.82) is 0 Å². The van der Waals surface area contributed by atoms with Gasteiger partial charge in [-0.15, -0.1) is 10.2 Å². The molecule has 1 N–H and O–H groups in total. The minimum Gasteiger partial charge on any atom is -0.480 e. The molecule has 0 radical (unpaired) electrons. The monoisotopic (exact) mass is 395 g/mol. The Morgan fingerprint density at radius 1 is 1.30 bits per heavy atom. The summed E-state index contributed by atoms with van der Waals surface area (Å²) in [4.78, 5) is 21.9. The van der Waals surface area contributed by atoms with Crippen LogP contribution in [0.1, 0.15) is 22.8 Å². The minimum atomic E-state index is -4.33. The number of carboxylic acid groups (broad SMARTS) is 1. The number of benzene rings is 1. The molecule has 1 aliphatic heterocycles. The lowest BCUT2D eigenvalue weighted by atomic mass is 10.1. The lowest BCUT2D eigenvalue weighted by Gasteiger charge is -2.32. The molecule has 11 nitrogen and oxygen atoms in total. The molecule has 0 amide bonds. The fourth-order valence-corrected chi connectivity index (χ4v) is 4.90. The number of hydrogen-bond acceptors (Lipinski definition) is 7. The molecular formula is C15H17N5O6S. The summed E-state index contributed by atoms with van der Waals surface area (Å²) in [6, 6.07) is 0.858. The van der Waals surface area contributed by atoms with Gasteiger partial charge in [0.2, 0.25) is 10.0 Å². The van der Waals surface area contributed by atoms with Gasteiger partial charge in [0, 0.05) is 12.1 Å². The number of aryl methyl sites for hydroxylation is 2. The number of non-ortho nitro benzene ring substituents is 1. The highest BCUT2D eigenvalue weighted by Crippen LogP contribution is 2.31. The molecule has 1 aromatic carbocycles. The third-order valence-electron chi connectivity index (χ3n) is 4.70. The molecule has 3 rings (SSSR count). The van der Waals surface area contributed by atoms with Crippen LogP contribution in [0.15, 0.2) is 17.0 Å². The van der Waals surface area contributed by atoms with Gasteiger partial charge >= 0.3 is 5.97 Å². The first-order chi connectivity index (χ1) is 12.5. The predicted molar refractivity (Wildman–Crippen MR) is 91.5 cm³/mol. The van der Waals surface area contributed by atoms with Crippen molar-refractivity contribution in [3.63, 3.8) is 0 Å². The Morgan fingerprint density at radius 2 is 1.96 bits per heavy atom. The second-order valence-corrected chi connectivity index (χ2v) is 8.18. The molecule has 0 fully saturated rings. The third-order valence-corrected chi connectivity index (χ3v) is 6.68. The van der Waals surface area contributed by atoms with Crippen LogP contribution in [0.4, 0.5) is 5.69 Å². The lowest BCUT2D eigenvalue weighted by Crippen LogP contribution is -2.50. The van der Waals surface area contributed by atoms with E-state index < -0.39 is 27.0 Å². The normalized spacial score (nSPS) is 17.5. The van der Waals surface area contributed by atoms with Gasteiger partial charge in [0.15, 0.2) is 0 Å². The zero-order valence-electron chi connectivity index (χ0n) is 14.8. The predicted octanol–water partition coefficient (Wildman–Crippen LogP) is 0.769. The highest BCUT2D eigenvalue weighted by Gasteiger charge is 2.42. The van der Waals surface area contributed by atoms with Crippen molar-refractivity contribution in [3.8, 4) is 0 Å². The van der Waals surface area contributed by atoms with Gasteiger partial charge in [0.05, 0.1) is 22.9 Å². The van der Waals surface area contributed by atoms with Crippen molar-refractivity contribution in [2.24, 2.45) is 0 Å². The highest BCUT2D eigenvalue weighted by atomic mass is 32.2. The zero-order valence-corrected chi connectivity index (χ0v) is 15.6. The smallest absolute Gasteiger partial charge is 0.323 e. The van der Waals surface area contributed by atoms with Gasteiger partial charge in [-0.3, -0.25) is 14.9 Å². The summed E-state index contributed by atoms with van der Waals surface area (Å²) in [5, 5.41) is 28.5. The van der Waals surface area contributed by atoms with Crippen LogP contribution in [0.25, 0.3) is 0 Å². The van der Waals surface area contributed by atoms with E-state index in [2.05, 4.69) is 10.2 Å². The summed E-state index contributed by atoms with van der Waals surface area (Å²) in [5.41, 5.74) is 0.373. The van der Waals surface area contributed by atoms with E-state index >= 15 is 0 Å². The molecule has 12 heteroatoms. The maximum atomic E-state index is 13.2. The number of carbonyl (C=O) groups is 1. The highest BCUT2D eigenvalue weighted by molar-refractivity contribution is 7.89. The maximum Gasteiger partial charge on any atom is 0.323 e. The summed E-state index contributed by atoms with van der Waals surface area (Å²) in [5.74, 6) is -0.527. The Labute approximate surface area is 154 Å². The summed E-state index contributed by atoms with van der Waals surface area (Å²) in [6.45, 7) is 4.30. The topological polar surface area (TPSA) is 149 Å². The van der Waals surface area contributed by atoms with Crippen LogP contribution in [0, 0.1) is 30.9 Å². The van der Waals surface area contributed by atoms with Crippen LogP contribution >= 0.6 is 0 Å². The Bertz CT molecular complexity index is 1060. The molecule has 2 aromatic rings. The number of sulfonamides is 1. The average Bonchev–Trinajstić information content (AvgIpc) is 2.96. The van der Waals surface area contributed by atoms with Gasteiger partial charge in [0.25, 0.3) is 5.69 Å². The quantitative estimate of drug-likeness (QED) is 0.589. The largest absolute Gasteiger partial charge is 0.480 e. The molecule has 0 bridgehead atoms. The Kier molecular flexibility index (Phi) is 4.48. The van der Waals surface area contributed by atoms with E-state index in [9.17, 15) is 28.4 Å². The second kappa shape index (κ2) is 6.39. The number of aromatic nitrogens is 3. The molecule has 1 aliphatic rings. The van der Waals surface area contributed by atoms with Crippen LogP contribution < -0.4 is 0 Å². The van der Waals surface area contributed by atoms with E-state index in [1.54, 1.807) is 18.4 Å². The van der Waals surface area contributed by atoms with Crippen molar-refractivity contribution < 1.29 is 23.2 Å². The van der Waals surface area contributed by atoms with Gasteiger partial charge in [-0.25, -0.2) is 8.42 Å². The van der Waals surface area contributed by atoms with E-state index in [1.165, 1.54) is 13.0 Å².